The molecular formula is C14H24N4OS. The Kier molecular flexibility index (Phi) is 5.88. The SMILES string of the molecule is CCCc1nc(SCC(=O)N2CCCCC2CC)n[nH]1. The number of amides is 1. The van der Waals surface area contributed by atoms with Gasteiger partial charge >= 0.3 is 0 Å². The number of piperidine rings is 1. The van der Waals surface area contributed by atoms with Gasteiger partial charge in [0, 0.05) is 19.0 Å². The number of rotatable bonds is 6. The normalized spacial score (nSPS) is 19.3. The number of aromatic amines is 1. The van der Waals surface area contributed by atoms with E-state index in [1.807, 2.05) is 0 Å². The van der Waals surface area contributed by atoms with Crippen molar-refractivity contribution in [1.29, 1.82) is 0 Å². The van der Waals surface area contributed by atoms with Crippen molar-refractivity contribution in [1.82, 2.24) is 20.1 Å². The average Bonchev–Trinajstić information content (AvgIpc) is 2.93. The molecule has 20 heavy (non-hydrogen) atoms. The monoisotopic (exact) mass is 296 g/mol. The highest BCUT2D eigenvalue weighted by atomic mass is 32.2. The number of nitrogens with zero attached hydrogens (tertiary/aromatic N) is 3. The van der Waals surface area contributed by atoms with Gasteiger partial charge in [0.05, 0.1) is 5.75 Å². The van der Waals surface area contributed by atoms with Gasteiger partial charge in [-0.15, -0.1) is 5.10 Å². The van der Waals surface area contributed by atoms with Gasteiger partial charge < -0.3 is 4.90 Å². The second-order valence-electron chi connectivity index (χ2n) is 5.25. The molecule has 0 bridgehead atoms. The fraction of sp³-hybridized carbons (Fsp3) is 0.786. The van der Waals surface area contributed by atoms with Gasteiger partial charge in [-0.05, 0) is 32.1 Å². The molecule has 1 unspecified atom stereocenters. The smallest absolute Gasteiger partial charge is 0.233 e. The molecule has 2 rings (SSSR count). The van der Waals surface area contributed by atoms with E-state index in [2.05, 4.69) is 33.9 Å². The first-order valence-corrected chi connectivity index (χ1v) is 8.56. The summed E-state index contributed by atoms with van der Waals surface area (Å²) in [6, 6.07) is 0.430. The zero-order chi connectivity index (χ0) is 14.4. The van der Waals surface area contributed by atoms with Crippen molar-refractivity contribution >= 4 is 17.7 Å². The van der Waals surface area contributed by atoms with Crippen molar-refractivity contribution in [2.75, 3.05) is 12.3 Å². The number of hydrogen-bond acceptors (Lipinski definition) is 4. The quantitative estimate of drug-likeness (QED) is 0.820. The number of carbonyl (C=O) groups excluding carboxylic acids is 1. The highest BCUT2D eigenvalue weighted by molar-refractivity contribution is 7.99. The average molecular weight is 296 g/mol. The number of aromatic nitrogens is 3. The molecule has 112 valence electrons. The van der Waals surface area contributed by atoms with Crippen LogP contribution in [-0.2, 0) is 11.2 Å². The number of carbonyl (C=O) groups is 1. The van der Waals surface area contributed by atoms with Crippen molar-refractivity contribution in [3.63, 3.8) is 0 Å². The minimum absolute atomic E-state index is 0.225. The van der Waals surface area contributed by atoms with Gasteiger partial charge in [-0.3, -0.25) is 9.89 Å². The predicted molar refractivity (Wildman–Crippen MR) is 80.7 cm³/mol. The molecule has 0 aromatic carbocycles. The third kappa shape index (κ3) is 3.98. The Morgan fingerprint density at radius 3 is 3.05 bits per heavy atom. The number of hydrogen-bond donors (Lipinski definition) is 1. The van der Waals surface area contributed by atoms with Gasteiger partial charge in [-0.25, -0.2) is 4.98 Å². The lowest BCUT2D eigenvalue weighted by atomic mass is 10.0. The minimum Gasteiger partial charge on any atom is -0.339 e. The molecule has 1 aliphatic heterocycles. The molecule has 0 aliphatic carbocycles. The van der Waals surface area contributed by atoms with Crippen LogP contribution in [0.15, 0.2) is 5.16 Å². The predicted octanol–water partition coefficient (Wildman–Crippen LogP) is 2.64. The summed E-state index contributed by atoms with van der Waals surface area (Å²) in [7, 11) is 0. The largest absolute Gasteiger partial charge is 0.339 e. The fourth-order valence-electron chi connectivity index (χ4n) is 2.65. The summed E-state index contributed by atoms with van der Waals surface area (Å²) in [6.07, 6.45) is 6.53. The Morgan fingerprint density at radius 1 is 1.45 bits per heavy atom. The van der Waals surface area contributed by atoms with E-state index >= 15 is 0 Å². The lowest BCUT2D eigenvalue weighted by Crippen LogP contribution is -2.44. The van der Waals surface area contributed by atoms with Crippen LogP contribution in [-0.4, -0.2) is 44.3 Å². The first-order valence-electron chi connectivity index (χ1n) is 7.58. The van der Waals surface area contributed by atoms with E-state index in [4.69, 9.17) is 0 Å². The van der Waals surface area contributed by atoms with Gasteiger partial charge in [0.15, 0.2) is 0 Å². The zero-order valence-electron chi connectivity index (χ0n) is 12.4. The van der Waals surface area contributed by atoms with E-state index < -0.39 is 0 Å². The summed E-state index contributed by atoms with van der Waals surface area (Å²) in [6.45, 7) is 5.18. The molecule has 1 aromatic rings. The number of nitrogens with one attached hydrogen (secondary N) is 1. The zero-order valence-corrected chi connectivity index (χ0v) is 13.2. The molecule has 1 aromatic heterocycles. The van der Waals surface area contributed by atoms with Crippen LogP contribution < -0.4 is 0 Å². The molecule has 2 heterocycles. The first kappa shape index (κ1) is 15.4. The molecule has 0 saturated carbocycles. The molecule has 0 spiro atoms. The Morgan fingerprint density at radius 2 is 2.30 bits per heavy atom. The minimum atomic E-state index is 0.225. The van der Waals surface area contributed by atoms with Crippen LogP contribution in [0.3, 0.4) is 0 Å². The van der Waals surface area contributed by atoms with Crippen LogP contribution in [0.25, 0.3) is 0 Å². The van der Waals surface area contributed by atoms with E-state index in [-0.39, 0.29) is 5.91 Å². The maximum atomic E-state index is 12.3. The maximum absolute atomic E-state index is 12.3. The van der Waals surface area contributed by atoms with E-state index in [0.717, 1.165) is 44.5 Å². The molecule has 1 atom stereocenters. The molecule has 5 nitrogen and oxygen atoms in total. The number of H-pyrrole nitrogens is 1. The molecular weight excluding hydrogens is 272 g/mol. The second-order valence-corrected chi connectivity index (χ2v) is 6.19. The molecule has 0 radical (unpaired) electrons. The molecule has 1 saturated heterocycles. The molecule has 1 aliphatic rings. The highest BCUT2D eigenvalue weighted by Crippen LogP contribution is 2.21. The van der Waals surface area contributed by atoms with Gasteiger partial charge in [-0.1, -0.05) is 25.6 Å². The summed E-state index contributed by atoms with van der Waals surface area (Å²) in [5.41, 5.74) is 0. The number of thioether (sulfide) groups is 1. The molecule has 1 fully saturated rings. The summed E-state index contributed by atoms with van der Waals surface area (Å²) in [4.78, 5) is 18.7. The van der Waals surface area contributed by atoms with Crippen LogP contribution in [0, 0.1) is 0 Å². The highest BCUT2D eigenvalue weighted by Gasteiger charge is 2.25. The van der Waals surface area contributed by atoms with Crippen LogP contribution in [0.4, 0.5) is 0 Å². The Bertz CT molecular complexity index is 435. The van der Waals surface area contributed by atoms with Gasteiger partial charge in [-0.2, -0.15) is 0 Å². The summed E-state index contributed by atoms with van der Waals surface area (Å²) in [5.74, 6) is 1.58. The maximum Gasteiger partial charge on any atom is 0.233 e. The summed E-state index contributed by atoms with van der Waals surface area (Å²) in [5, 5.41) is 7.76. The first-order chi connectivity index (χ1) is 9.74. The van der Waals surface area contributed by atoms with Crippen molar-refractivity contribution in [2.45, 2.75) is 63.6 Å². The van der Waals surface area contributed by atoms with E-state index in [1.165, 1.54) is 18.2 Å². The second kappa shape index (κ2) is 7.67. The van der Waals surface area contributed by atoms with Gasteiger partial charge in [0.1, 0.15) is 5.82 Å². The standard InChI is InChI=1S/C14H24N4OS/c1-3-7-12-15-14(17-16-12)20-10-13(19)18-9-6-5-8-11(18)4-2/h11H,3-10H2,1-2H3,(H,15,16,17). The number of aryl methyl sites for hydroxylation is 1. The molecule has 1 amide bonds. The van der Waals surface area contributed by atoms with Gasteiger partial charge in [0.2, 0.25) is 11.1 Å². The third-order valence-electron chi connectivity index (χ3n) is 3.74. The van der Waals surface area contributed by atoms with Crippen molar-refractivity contribution in [3.8, 4) is 0 Å². The Balaban J connectivity index is 1.84. The summed E-state index contributed by atoms with van der Waals surface area (Å²) >= 11 is 1.44. The van der Waals surface area contributed by atoms with Crippen LogP contribution >= 0.6 is 11.8 Å². The van der Waals surface area contributed by atoms with Crippen LogP contribution in [0.1, 0.15) is 51.8 Å². The van der Waals surface area contributed by atoms with Crippen molar-refractivity contribution in [2.24, 2.45) is 0 Å². The van der Waals surface area contributed by atoms with E-state index in [0.29, 0.717) is 17.0 Å². The topological polar surface area (TPSA) is 61.9 Å². The van der Waals surface area contributed by atoms with E-state index in [1.54, 1.807) is 0 Å². The van der Waals surface area contributed by atoms with Crippen LogP contribution in [0.5, 0.6) is 0 Å². The lowest BCUT2D eigenvalue weighted by Gasteiger charge is -2.35. The lowest BCUT2D eigenvalue weighted by molar-refractivity contribution is -0.132. The summed E-state index contributed by atoms with van der Waals surface area (Å²) < 4.78 is 0. The third-order valence-corrected chi connectivity index (χ3v) is 4.57. The Hall–Kier alpha value is -1.04. The fourth-order valence-corrected chi connectivity index (χ4v) is 3.36. The van der Waals surface area contributed by atoms with Crippen molar-refractivity contribution in [3.05, 3.63) is 5.82 Å². The van der Waals surface area contributed by atoms with E-state index in [9.17, 15) is 4.79 Å². The molecule has 1 N–H and O–H groups in total. The van der Waals surface area contributed by atoms with Gasteiger partial charge in [0.25, 0.3) is 0 Å². The van der Waals surface area contributed by atoms with Crippen LogP contribution in [0.2, 0.25) is 0 Å². The molecule has 6 heteroatoms. The number of likely N-dealkylation sites (tertiary alicyclic amines) is 1. The van der Waals surface area contributed by atoms with Crippen molar-refractivity contribution < 1.29 is 4.79 Å². The Labute approximate surface area is 124 Å².